The molecule has 1 N–H and O–H groups in total. The topological polar surface area (TPSA) is 95.0 Å². The van der Waals surface area contributed by atoms with Crippen molar-refractivity contribution in [1.29, 1.82) is 0 Å². The van der Waals surface area contributed by atoms with Crippen LogP contribution in [-0.2, 0) is 19.6 Å². The maximum absolute atomic E-state index is 12.3. The van der Waals surface area contributed by atoms with Crippen molar-refractivity contribution in [3.05, 3.63) is 0 Å². The first-order valence-electron chi connectivity index (χ1n) is 6.76. The summed E-state index contributed by atoms with van der Waals surface area (Å²) in [5.41, 5.74) is 0. The van der Waals surface area contributed by atoms with Crippen molar-refractivity contribution >= 4 is 21.9 Å². The zero-order chi connectivity index (χ0) is 15.3. The first kappa shape index (κ1) is 16.9. The van der Waals surface area contributed by atoms with Gasteiger partial charge in [0.1, 0.15) is 12.6 Å². The molecule has 0 aromatic heterocycles. The highest BCUT2D eigenvalue weighted by Crippen LogP contribution is 2.22. The van der Waals surface area contributed by atoms with Crippen molar-refractivity contribution in [1.82, 2.24) is 9.21 Å². The van der Waals surface area contributed by atoms with Crippen molar-refractivity contribution in [2.24, 2.45) is 0 Å². The Morgan fingerprint density at radius 3 is 2.55 bits per heavy atom. The third kappa shape index (κ3) is 4.17. The molecule has 1 fully saturated rings. The lowest BCUT2D eigenvalue weighted by molar-refractivity contribution is -0.145. The molecular formula is C12H22N2O5S. The van der Waals surface area contributed by atoms with Gasteiger partial charge in [-0.2, -0.15) is 4.31 Å². The number of piperidine rings is 1. The summed E-state index contributed by atoms with van der Waals surface area (Å²) >= 11 is 0. The molecule has 0 saturated carbocycles. The van der Waals surface area contributed by atoms with Crippen molar-refractivity contribution in [3.8, 4) is 0 Å². The molecule has 0 bridgehead atoms. The summed E-state index contributed by atoms with van der Waals surface area (Å²) in [6.45, 7) is 1.69. The number of amides is 1. The second kappa shape index (κ2) is 7.03. The number of likely N-dealkylation sites (N-methyl/N-ethyl adjacent to an activating group) is 1. The number of carbonyl (C=O) groups excluding carboxylic acids is 1. The van der Waals surface area contributed by atoms with E-state index >= 15 is 0 Å². The fourth-order valence-electron chi connectivity index (χ4n) is 2.40. The normalized spacial score (nSPS) is 20.6. The second-order valence-corrected chi connectivity index (χ2v) is 7.07. The van der Waals surface area contributed by atoms with E-state index in [2.05, 4.69) is 0 Å². The van der Waals surface area contributed by atoms with Crippen LogP contribution in [0.4, 0.5) is 0 Å². The highest BCUT2D eigenvalue weighted by molar-refractivity contribution is 7.89. The van der Waals surface area contributed by atoms with Crippen LogP contribution in [-0.4, -0.2) is 66.5 Å². The molecule has 1 amide bonds. The summed E-state index contributed by atoms with van der Waals surface area (Å²) in [7, 11) is -2.07. The molecule has 1 saturated heterocycles. The molecule has 1 atom stereocenters. The lowest BCUT2D eigenvalue weighted by Crippen LogP contribution is -2.53. The SMILES string of the molecule is CCCS(=O)(=O)N1CCCCC1C(=O)N(C)CC(=O)O. The highest BCUT2D eigenvalue weighted by Gasteiger charge is 2.37. The first-order chi connectivity index (χ1) is 9.29. The molecule has 0 aromatic carbocycles. The summed E-state index contributed by atoms with van der Waals surface area (Å²) in [4.78, 5) is 24.0. The molecule has 116 valence electrons. The van der Waals surface area contributed by atoms with E-state index in [0.29, 0.717) is 19.4 Å². The predicted molar refractivity (Wildman–Crippen MR) is 73.7 cm³/mol. The van der Waals surface area contributed by atoms with E-state index in [9.17, 15) is 18.0 Å². The molecule has 8 heteroatoms. The van der Waals surface area contributed by atoms with Crippen molar-refractivity contribution in [2.45, 2.75) is 38.6 Å². The minimum atomic E-state index is -3.45. The Kier molecular flexibility index (Phi) is 5.94. The van der Waals surface area contributed by atoms with Gasteiger partial charge in [-0.15, -0.1) is 0 Å². The summed E-state index contributed by atoms with van der Waals surface area (Å²) in [5, 5.41) is 8.72. The number of hydrogen-bond donors (Lipinski definition) is 1. The molecule has 1 heterocycles. The third-order valence-corrected chi connectivity index (χ3v) is 5.38. The quantitative estimate of drug-likeness (QED) is 0.752. The second-order valence-electron chi connectivity index (χ2n) is 5.03. The van der Waals surface area contributed by atoms with Gasteiger partial charge >= 0.3 is 5.97 Å². The van der Waals surface area contributed by atoms with Gasteiger partial charge in [0.2, 0.25) is 15.9 Å². The van der Waals surface area contributed by atoms with Crippen LogP contribution >= 0.6 is 0 Å². The third-order valence-electron chi connectivity index (χ3n) is 3.31. The first-order valence-corrected chi connectivity index (χ1v) is 8.36. The number of sulfonamides is 1. The minimum absolute atomic E-state index is 0.0133. The number of carboxylic acid groups (broad SMARTS) is 1. The summed E-state index contributed by atoms with van der Waals surface area (Å²) in [6.07, 6.45) is 2.45. The molecule has 0 spiro atoms. The standard InChI is InChI=1S/C12H22N2O5S/c1-3-8-20(18,19)14-7-5-4-6-10(14)12(17)13(2)9-11(15)16/h10H,3-9H2,1-2H3,(H,15,16). The van der Waals surface area contributed by atoms with Gasteiger partial charge in [-0.05, 0) is 19.3 Å². The van der Waals surface area contributed by atoms with E-state index < -0.39 is 34.5 Å². The van der Waals surface area contributed by atoms with Crippen LogP contribution in [0.2, 0.25) is 0 Å². The Labute approximate surface area is 119 Å². The molecular weight excluding hydrogens is 284 g/mol. The number of carboxylic acids is 1. The van der Waals surface area contributed by atoms with Crippen LogP contribution < -0.4 is 0 Å². The summed E-state index contributed by atoms with van der Waals surface area (Å²) in [6, 6.07) is -0.760. The average Bonchev–Trinajstić information content (AvgIpc) is 2.37. The van der Waals surface area contributed by atoms with Gasteiger partial charge in [-0.1, -0.05) is 13.3 Å². The Hall–Kier alpha value is -1.15. The molecule has 1 rings (SSSR count). The summed E-state index contributed by atoms with van der Waals surface area (Å²) < 4.78 is 25.6. The van der Waals surface area contributed by atoms with Crippen LogP contribution in [0.3, 0.4) is 0 Å². The van der Waals surface area contributed by atoms with Gasteiger partial charge < -0.3 is 10.0 Å². The lowest BCUT2D eigenvalue weighted by atomic mass is 10.0. The van der Waals surface area contributed by atoms with E-state index in [-0.39, 0.29) is 5.75 Å². The molecule has 7 nitrogen and oxygen atoms in total. The Bertz CT molecular complexity index is 462. The molecule has 0 aromatic rings. The van der Waals surface area contributed by atoms with Gasteiger partial charge in [0.25, 0.3) is 0 Å². The minimum Gasteiger partial charge on any atom is -0.480 e. The van der Waals surface area contributed by atoms with Gasteiger partial charge in [-0.3, -0.25) is 9.59 Å². The molecule has 1 aliphatic rings. The Morgan fingerprint density at radius 2 is 2.00 bits per heavy atom. The zero-order valence-corrected chi connectivity index (χ0v) is 12.7. The molecule has 20 heavy (non-hydrogen) atoms. The zero-order valence-electron chi connectivity index (χ0n) is 11.9. The van der Waals surface area contributed by atoms with Crippen LogP contribution in [0.15, 0.2) is 0 Å². The summed E-state index contributed by atoms with van der Waals surface area (Å²) in [5.74, 6) is -1.54. The number of carbonyl (C=O) groups is 2. The number of nitrogens with zero attached hydrogens (tertiary/aromatic N) is 2. The lowest BCUT2D eigenvalue weighted by Gasteiger charge is -2.35. The van der Waals surface area contributed by atoms with Gasteiger partial charge in [0.15, 0.2) is 0 Å². The number of rotatable bonds is 6. The monoisotopic (exact) mass is 306 g/mol. The van der Waals surface area contributed by atoms with Crippen molar-refractivity contribution in [2.75, 3.05) is 25.9 Å². The number of hydrogen-bond acceptors (Lipinski definition) is 4. The van der Waals surface area contributed by atoms with Crippen molar-refractivity contribution in [3.63, 3.8) is 0 Å². The maximum atomic E-state index is 12.3. The van der Waals surface area contributed by atoms with Crippen LogP contribution in [0.1, 0.15) is 32.6 Å². The molecule has 0 aliphatic carbocycles. The maximum Gasteiger partial charge on any atom is 0.323 e. The van der Waals surface area contributed by atoms with E-state index in [0.717, 1.165) is 17.7 Å². The van der Waals surface area contributed by atoms with Crippen LogP contribution in [0.25, 0.3) is 0 Å². The van der Waals surface area contributed by atoms with E-state index in [1.807, 2.05) is 0 Å². The fraction of sp³-hybridized carbons (Fsp3) is 0.833. The fourth-order valence-corrected chi connectivity index (χ4v) is 4.14. The van der Waals surface area contributed by atoms with Gasteiger partial charge in [0, 0.05) is 13.6 Å². The van der Waals surface area contributed by atoms with Crippen LogP contribution in [0.5, 0.6) is 0 Å². The van der Waals surface area contributed by atoms with Gasteiger partial charge in [-0.25, -0.2) is 8.42 Å². The average molecular weight is 306 g/mol. The van der Waals surface area contributed by atoms with E-state index in [1.165, 1.54) is 11.4 Å². The van der Waals surface area contributed by atoms with E-state index in [4.69, 9.17) is 5.11 Å². The molecule has 1 aliphatic heterocycles. The predicted octanol–water partition coefficient (Wildman–Crippen LogP) is 0.124. The highest BCUT2D eigenvalue weighted by atomic mass is 32.2. The van der Waals surface area contributed by atoms with E-state index in [1.54, 1.807) is 6.92 Å². The number of aliphatic carboxylic acids is 1. The molecule has 1 unspecified atom stereocenters. The van der Waals surface area contributed by atoms with Gasteiger partial charge in [0.05, 0.1) is 5.75 Å². The molecule has 0 radical (unpaired) electrons. The largest absolute Gasteiger partial charge is 0.480 e. The van der Waals surface area contributed by atoms with Crippen molar-refractivity contribution < 1.29 is 23.1 Å². The van der Waals surface area contributed by atoms with Crippen LogP contribution in [0, 0.1) is 0 Å². The Morgan fingerprint density at radius 1 is 1.35 bits per heavy atom. The Balaban J connectivity index is 2.89. The smallest absolute Gasteiger partial charge is 0.323 e.